The van der Waals surface area contributed by atoms with E-state index in [0.29, 0.717) is 40.4 Å². The van der Waals surface area contributed by atoms with Gasteiger partial charge in [-0.15, -0.1) is 20.5 Å². The van der Waals surface area contributed by atoms with Crippen LogP contribution in [0.4, 0.5) is 45.5 Å². The summed E-state index contributed by atoms with van der Waals surface area (Å²) in [7, 11) is -15.6. The molecule has 0 bridgehead atoms. The molecule has 0 amide bonds. The van der Waals surface area contributed by atoms with Crippen LogP contribution in [0, 0.1) is 0 Å². The summed E-state index contributed by atoms with van der Waals surface area (Å²) in [6, 6.07) is 26.8. The van der Waals surface area contributed by atoms with Gasteiger partial charge in [0.15, 0.2) is 0 Å². The van der Waals surface area contributed by atoms with Crippen LogP contribution in [0.2, 0.25) is 0 Å². The van der Waals surface area contributed by atoms with Crippen LogP contribution in [0.15, 0.2) is 161 Å². The Bertz CT molecular complexity index is 3340. The van der Waals surface area contributed by atoms with E-state index in [-0.39, 0.29) is 111 Å². The molecule has 0 spiro atoms. The molecule has 25 heteroatoms. The molecule has 0 unspecified atom stereocenters. The Morgan fingerprint density at radius 3 is 1.41 bits per heavy atom. The molecule has 19 nitrogen and oxygen atoms in total. The Hall–Kier alpha value is -4.21. The summed E-state index contributed by atoms with van der Waals surface area (Å²) in [5.41, 5.74) is 12.8. The maximum Gasteiger partial charge on any atom is 1.00 e. The molecule has 63 heavy (non-hydrogen) atoms. The van der Waals surface area contributed by atoms with E-state index in [2.05, 4.69) is 30.7 Å². The third kappa shape index (κ3) is 11.4. The zero-order chi connectivity index (χ0) is 43.1. The van der Waals surface area contributed by atoms with Crippen molar-refractivity contribution in [3.8, 4) is 22.6 Å². The van der Waals surface area contributed by atoms with Crippen molar-refractivity contribution in [1.29, 1.82) is 0 Å². The summed E-state index contributed by atoms with van der Waals surface area (Å²) in [5, 5.41) is 49.7. The summed E-state index contributed by atoms with van der Waals surface area (Å²) >= 11 is 0. The third-order valence-electron chi connectivity index (χ3n) is 8.82. The van der Waals surface area contributed by atoms with Crippen LogP contribution in [0.5, 0.6) is 11.5 Å². The average molecular weight is 935 g/mol. The quantitative estimate of drug-likeness (QED) is 0.0533. The topological polar surface area (TPSA) is 338 Å². The van der Waals surface area contributed by atoms with E-state index in [4.69, 9.17) is 11.5 Å². The molecule has 0 saturated carbocycles. The normalized spacial score (nSPS) is 12.1. The fourth-order valence-corrected chi connectivity index (χ4v) is 7.99. The van der Waals surface area contributed by atoms with Crippen molar-refractivity contribution in [2.45, 2.75) is 14.7 Å². The summed E-state index contributed by atoms with van der Waals surface area (Å²) in [5.74, 6) is -2.85. The molecule has 0 aromatic heterocycles. The molecule has 0 atom stereocenters. The Balaban J connectivity index is 0.00000290. The van der Waals surface area contributed by atoms with Crippen LogP contribution >= 0.6 is 0 Å². The van der Waals surface area contributed by atoms with Gasteiger partial charge >= 0.3 is 88.7 Å². The second kappa shape index (κ2) is 20.3. The van der Waals surface area contributed by atoms with Crippen LogP contribution in [-0.2, 0) is 30.4 Å². The number of hydrogen-bond donors (Lipinski definition) is 4. The molecule has 0 heterocycles. The number of nitrogens with two attached hydrogens (primary N) is 2. The van der Waals surface area contributed by atoms with Gasteiger partial charge in [0.05, 0.1) is 39.0 Å². The van der Waals surface area contributed by atoms with Crippen molar-refractivity contribution >= 4 is 97.4 Å². The minimum absolute atomic E-state index is 0. The Morgan fingerprint density at radius 1 is 0.492 bits per heavy atom. The largest absolute Gasteiger partial charge is 1.00 e. The van der Waals surface area contributed by atoms with Crippen molar-refractivity contribution in [2.24, 2.45) is 30.7 Å². The van der Waals surface area contributed by atoms with Gasteiger partial charge in [0.25, 0.3) is 20.2 Å². The van der Waals surface area contributed by atoms with Crippen molar-refractivity contribution in [3.63, 3.8) is 0 Å². The summed E-state index contributed by atoms with van der Waals surface area (Å²) in [6.45, 7) is 0. The zero-order valence-corrected chi connectivity index (χ0v) is 41.6. The van der Waals surface area contributed by atoms with Crippen molar-refractivity contribution < 1.29 is 138 Å². The number of azo groups is 3. The Kier molecular flexibility index (Phi) is 16.6. The van der Waals surface area contributed by atoms with Crippen molar-refractivity contribution in [1.82, 2.24) is 0 Å². The van der Waals surface area contributed by atoms with Gasteiger partial charge in [-0.05, 0) is 88.6 Å². The molecule has 0 radical (unpaired) electrons. The summed E-state index contributed by atoms with van der Waals surface area (Å²) in [4.78, 5) is -2.92. The van der Waals surface area contributed by atoms with E-state index in [1.807, 2.05) is 0 Å². The van der Waals surface area contributed by atoms with Crippen LogP contribution in [0.3, 0.4) is 0 Å². The number of nitrogens with zero attached hydrogens (tertiary/aromatic N) is 6. The van der Waals surface area contributed by atoms with Gasteiger partial charge in [-0.2, -0.15) is 27.1 Å². The smallest absolute Gasteiger partial charge is 0.871 e. The SMILES string of the molecule is Nc1ccc(N=Nc2ccc(-c3ccc(N=Nc4c(S(=O)(=O)O)cc5cc(S(=O)(=O)O)c(N=Nc6ccc(S(=O)(=O)[O-])c7ccccc67)c([O-])c5c4[O-])cc3)cc2)c(N)c1.[Na+].[Na+].[Na+]. The van der Waals surface area contributed by atoms with Gasteiger partial charge in [0.2, 0.25) is 0 Å². The first kappa shape index (κ1) is 51.4. The molecule has 0 fully saturated rings. The molecule has 0 aliphatic heterocycles. The van der Waals surface area contributed by atoms with E-state index in [0.717, 1.165) is 17.7 Å². The standard InChI is InChI=1S/C38H28N8O11S3.3Na/c39-23-9-14-30(28(40)19-23)44-41-24-10-5-20(6-11-24)21-7-12-25(13-8-21)42-45-35-32(59(52,53)54)17-22-18-33(60(55,56)57)36(38(48)34(22)37(35)47)46-43-29-15-16-31(58(49,50)51)27-4-2-1-3-26(27)29;;;/h1-19,47-48H,39-40H2,(H,49,50,51)(H,52,53,54)(H,55,56,57);;;/q;3*+1/p-3. The first-order chi connectivity index (χ1) is 28.3. The van der Waals surface area contributed by atoms with Crippen LogP contribution in [-0.4, -0.2) is 38.9 Å². The third-order valence-corrected chi connectivity index (χ3v) is 11.4. The van der Waals surface area contributed by atoms with Gasteiger partial charge in [0, 0.05) is 16.5 Å². The number of anilines is 2. The predicted molar refractivity (Wildman–Crippen MR) is 214 cm³/mol. The monoisotopic (exact) mass is 934 g/mol. The first-order valence-corrected chi connectivity index (χ1v) is 21.1. The second-order valence-corrected chi connectivity index (χ2v) is 16.9. The minimum atomic E-state index is -5.33. The Labute approximate surface area is 425 Å². The zero-order valence-electron chi connectivity index (χ0n) is 33.1. The van der Waals surface area contributed by atoms with Crippen LogP contribution in [0.1, 0.15) is 0 Å². The van der Waals surface area contributed by atoms with Crippen LogP contribution < -0.4 is 110 Å². The van der Waals surface area contributed by atoms with Gasteiger partial charge in [-0.25, -0.2) is 8.42 Å². The maximum atomic E-state index is 13.8. The van der Waals surface area contributed by atoms with E-state index < -0.39 is 78.7 Å². The van der Waals surface area contributed by atoms with E-state index >= 15 is 0 Å². The first-order valence-electron chi connectivity index (χ1n) is 16.8. The Morgan fingerprint density at radius 2 is 0.937 bits per heavy atom. The molecular weight excluding hydrogens is 910 g/mol. The number of rotatable bonds is 10. The molecule has 0 saturated heterocycles. The number of hydrogen-bond acceptors (Lipinski definition) is 17. The van der Waals surface area contributed by atoms with Gasteiger partial charge < -0.3 is 26.2 Å². The molecule has 7 rings (SSSR count). The molecule has 304 valence electrons. The fourth-order valence-electron chi connectivity index (χ4n) is 6.00. The number of fused-ring (bicyclic) bond motifs is 2. The minimum Gasteiger partial charge on any atom is -0.871 e. The van der Waals surface area contributed by atoms with E-state index in [1.54, 1.807) is 54.6 Å². The van der Waals surface area contributed by atoms with Gasteiger partial charge in [-0.1, -0.05) is 60.0 Å². The van der Waals surface area contributed by atoms with Crippen molar-refractivity contribution in [3.05, 3.63) is 115 Å². The molecular formula is C38H25N8Na3O11S3. The fraction of sp³-hybridized carbons (Fsp3) is 0. The number of nitrogen functional groups attached to an aromatic ring is 2. The van der Waals surface area contributed by atoms with Gasteiger partial charge in [0.1, 0.15) is 25.6 Å². The molecule has 7 aromatic rings. The molecule has 0 aliphatic carbocycles. The second-order valence-electron chi connectivity index (χ2n) is 12.7. The van der Waals surface area contributed by atoms with Crippen molar-refractivity contribution in [2.75, 3.05) is 11.5 Å². The summed E-state index contributed by atoms with van der Waals surface area (Å²) < 4.78 is 105. The van der Waals surface area contributed by atoms with E-state index in [1.165, 1.54) is 36.4 Å². The molecule has 0 aliphatic rings. The summed E-state index contributed by atoms with van der Waals surface area (Å²) in [6.07, 6.45) is 0. The van der Waals surface area contributed by atoms with E-state index in [9.17, 15) is 49.1 Å². The number of benzene rings is 7. The van der Waals surface area contributed by atoms with Crippen LogP contribution in [0.25, 0.3) is 32.7 Å². The maximum absolute atomic E-state index is 13.8. The molecule has 6 N–H and O–H groups in total. The van der Waals surface area contributed by atoms with Gasteiger partial charge in [-0.3, -0.25) is 9.11 Å². The average Bonchev–Trinajstić information content (AvgIpc) is 3.18. The molecule has 7 aromatic carbocycles. The predicted octanol–water partition coefficient (Wildman–Crippen LogP) is -1.37.